The number of nitriles is 1. The second-order valence-electron chi connectivity index (χ2n) is 17.3. The van der Waals surface area contributed by atoms with Gasteiger partial charge < -0.3 is 9.13 Å². The molecule has 0 aliphatic rings. The van der Waals surface area contributed by atoms with Crippen LogP contribution in [0.1, 0.15) is 5.56 Å². The summed E-state index contributed by atoms with van der Waals surface area (Å²) in [6.45, 7) is 9.46. The zero-order valence-corrected chi connectivity index (χ0v) is 37.9. The monoisotopic (exact) mass is 898 g/mol. The maximum atomic E-state index is 12.0. The lowest BCUT2D eigenvalue weighted by Gasteiger charge is -2.26. The molecule has 0 saturated heterocycles. The van der Waals surface area contributed by atoms with Gasteiger partial charge >= 0.3 is 0 Å². The highest BCUT2D eigenvalue weighted by molar-refractivity contribution is 7.27. The van der Waals surface area contributed by atoms with E-state index in [9.17, 15) is 11.8 Å². The van der Waals surface area contributed by atoms with Gasteiger partial charge in [-0.3, -0.25) is 0 Å². The number of aromatic nitrogens is 2. The Labute approximate surface area is 398 Å². The summed E-state index contributed by atoms with van der Waals surface area (Å²) in [6.07, 6.45) is 0. The van der Waals surface area contributed by atoms with E-state index in [1.165, 1.54) is 30.9 Å². The minimum Gasteiger partial charge on any atom is -0.316 e. The van der Waals surface area contributed by atoms with E-state index in [2.05, 4.69) is 190 Å². The van der Waals surface area contributed by atoms with E-state index in [-0.39, 0.29) is 0 Å². The smallest absolute Gasteiger partial charge is 0.220 e. The van der Waals surface area contributed by atoms with E-state index in [1.807, 2.05) is 36.4 Å². The number of rotatable bonds is 5. The molecule has 4 nitrogen and oxygen atoms in total. The van der Waals surface area contributed by atoms with Crippen molar-refractivity contribution < 1.29 is 0 Å². The first kappa shape index (κ1) is 38.5. The van der Waals surface area contributed by atoms with Crippen LogP contribution in [0.25, 0.3) is 134 Å². The fraction of sp³-hybridized carbons (Fsp3) is 0. The molecular weight excluding hydrogens is 865 g/mol. The standard InChI is InChI=1S/C62H34N4S2/c1-64-56-53(38-20-7-3-8-21-38)48(36-63)57(65-49-28-14-11-26-47(49)55-40(27-17-29-50(55)65)37-18-5-2-6-19-37)54(39-22-9-4-10-23-39)60(56)66-58-43(32-34-45-41-24-12-15-30-51(41)67-61(45)58)44-33-35-46-42-25-13-16-31-52(42)68-62(46)59(44)66/h2-35H. The van der Waals surface area contributed by atoms with Gasteiger partial charge in [-0.1, -0.05) is 182 Å². The fourth-order valence-electron chi connectivity index (χ4n) is 11.0. The van der Waals surface area contributed by atoms with Crippen molar-refractivity contribution in [1.82, 2.24) is 9.13 Å². The Morgan fingerprint density at radius 1 is 0.412 bits per heavy atom. The molecule has 14 aromatic rings. The number of para-hydroxylation sites is 1. The summed E-state index contributed by atoms with van der Waals surface area (Å²) in [6, 6.07) is 75.4. The Morgan fingerprint density at radius 2 is 0.897 bits per heavy atom. The third-order valence-corrected chi connectivity index (χ3v) is 16.2. The highest BCUT2D eigenvalue weighted by Crippen LogP contribution is 2.55. The summed E-state index contributed by atoms with van der Waals surface area (Å²) >= 11 is 3.60. The van der Waals surface area contributed by atoms with Crippen LogP contribution in [-0.2, 0) is 0 Å². The van der Waals surface area contributed by atoms with Gasteiger partial charge in [0.1, 0.15) is 6.07 Å². The van der Waals surface area contributed by atoms with Gasteiger partial charge in [-0.15, -0.1) is 22.7 Å². The van der Waals surface area contributed by atoms with Crippen LogP contribution in [0.3, 0.4) is 0 Å². The molecular formula is C62H34N4S2. The summed E-state index contributed by atoms with van der Waals surface area (Å²) in [5.41, 5.74) is 11.8. The Balaban J connectivity index is 1.29. The van der Waals surface area contributed by atoms with Gasteiger partial charge in [-0.2, -0.15) is 5.26 Å². The van der Waals surface area contributed by atoms with Crippen LogP contribution < -0.4 is 0 Å². The lowest BCUT2D eigenvalue weighted by molar-refractivity contribution is 1.14. The molecule has 4 heterocycles. The molecule has 0 spiro atoms. The first-order valence-electron chi connectivity index (χ1n) is 22.6. The predicted molar refractivity (Wildman–Crippen MR) is 288 cm³/mol. The topological polar surface area (TPSA) is 38.0 Å². The van der Waals surface area contributed by atoms with Crippen molar-refractivity contribution in [3.63, 3.8) is 0 Å². The largest absolute Gasteiger partial charge is 0.316 e. The molecule has 0 N–H and O–H groups in total. The molecule has 0 amide bonds. The molecule has 14 rings (SSSR count). The Kier molecular flexibility index (Phi) is 8.42. The minimum absolute atomic E-state index is 0.427. The molecule has 0 unspecified atom stereocenters. The molecule has 0 fully saturated rings. The molecule has 4 aromatic heterocycles. The van der Waals surface area contributed by atoms with Crippen LogP contribution >= 0.6 is 22.7 Å². The van der Waals surface area contributed by atoms with Crippen molar-refractivity contribution in [3.8, 4) is 50.8 Å². The quantitative estimate of drug-likeness (QED) is 0.159. The molecule has 0 bridgehead atoms. The summed E-state index contributed by atoms with van der Waals surface area (Å²) in [5, 5.41) is 21.1. The third kappa shape index (κ3) is 5.33. The minimum atomic E-state index is 0.427. The SMILES string of the molecule is [C-]#[N+]c1c(-c2ccccc2)c(C#N)c(-n2c3ccccc3c3c(-c4ccccc4)cccc32)c(-c2ccccc2)c1-n1c2c(ccc3c4ccccc4sc32)c2ccc3c4ccccc4sc3c21. The maximum absolute atomic E-state index is 12.0. The number of benzene rings is 10. The molecule has 6 heteroatoms. The van der Waals surface area contributed by atoms with Crippen molar-refractivity contribution in [2.24, 2.45) is 0 Å². The zero-order chi connectivity index (χ0) is 45.0. The molecule has 68 heavy (non-hydrogen) atoms. The first-order chi connectivity index (χ1) is 33.7. The normalized spacial score (nSPS) is 11.8. The van der Waals surface area contributed by atoms with Crippen LogP contribution in [-0.4, -0.2) is 9.13 Å². The van der Waals surface area contributed by atoms with Gasteiger partial charge in [0.2, 0.25) is 5.69 Å². The predicted octanol–water partition coefficient (Wildman–Crippen LogP) is 18.0. The van der Waals surface area contributed by atoms with E-state index in [0.29, 0.717) is 16.8 Å². The van der Waals surface area contributed by atoms with E-state index >= 15 is 0 Å². The molecule has 314 valence electrons. The van der Waals surface area contributed by atoms with Gasteiger partial charge in [0.25, 0.3) is 0 Å². The maximum Gasteiger partial charge on any atom is 0.220 e. The average molecular weight is 899 g/mol. The fourth-order valence-corrected chi connectivity index (χ4v) is 13.5. The van der Waals surface area contributed by atoms with E-state index in [4.69, 9.17) is 0 Å². The van der Waals surface area contributed by atoms with E-state index in [0.717, 1.165) is 92.2 Å². The molecule has 0 radical (unpaired) electrons. The van der Waals surface area contributed by atoms with Gasteiger partial charge in [0, 0.05) is 63.6 Å². The van der Waals surface area contributed by atoms with Gasteiger partial charge in [0.05, 0.1) is 55.0 Å². The number of nitrogens with zero attached hydrogens (tertiary/aromatic N) is 4. The van der Waals surface area contributed by atoms with Crippen molar-refractivity contribution in [2.75, 3.05) is 0 Å². The molecule has 0 aliphatic heterocycles. The van der Waals surface area contributed by atoms with Crippen LogP contribution in [0, 0.1) is 17.9 Å². The zero-order valence-electron chi connectivity index (χ0n) is 36.2. The summed E-state index contributed by atoms with van der Waals surface area (Å²) in [4.78, 5) is 4.63. The van der Waals surface area contributed by atoms with Crippen LogP contribution in [0.2, 0.25) is 0 Å². The van der Waals surface area contributed by atoms with Gasteiger partial charge in [-0.25, -0.2) is 4.85 Å². The summed E-state index contributed by atoms with van der Waals surface area (Å²) < 4.78 is 9.48. The second kappa shape index (κ2) is 14.9. The van der Waals surface area contributed by atoms with Gasteiger partial charge in [-0.05, 0) is 46.5 Å². The molecule has 0 aliphatic carbocycles. The molecule has 0 saturated carbocycles. The van der Waals surface area contributed by atoms with Crippen molar-refractivity contribution >= 4 is 112 Å². The van der Waals surface area contributed by atoms with E-state index < -0.39 is 0 Å². The average Bonchev–Trinajstić information content (AvgIpc) is 4.16. The number of fused-ring (bicyclic) bond motifs is 14. The Hall–Kier alpha value is -8.78. The number of thiophene rings is 2. The highest BCUT2D eigenvalue weighted by atomic mass is 32.1. The Morgan fingerprint density at radius 3 is 1.47 bits per heavy atom. The molecule has 10 aromatic carbocycles. The number of hydrogen-bond donors (Lipinski definition) is 0. The lowest BCUT2D eigenvalue weighted by Crippen LogP contribution is -2.09. The Bertz CT molecular complexity index is 4370. The number of hydrogen-bond acceptors (Lipinski definition) is 3. The van der Waals surface area contributed by atoms with Crippen molar-refractivity contribution in [2.45, 2.75) is 0 Å². The third-order valence-electron chi connectivity index (χ3n) is 13.8. The first-order valence-corrected chi connectivity index (χ1v) is 24.2. The second-order valence-corrected chi connectivity index (χ2v) is 19.4. The van der Waals surface area contributed by atoms with Crippen LogP contribution in [0.4, 0.5) is 5.69 Å². The van der Waals surface area contributed by atoms with Crippen molar-refractivity contribution in [3.05, 3.63) is 223 Å². The van der Waals surface area contributed by atoms with Crippen molar-refractivity contribution in [1.29, 1.82) is 5.26 Å². The lowest BCUT2D eigenvalue weighted by atomic mass is 9.88. The van der Waals surface area contributed by atoms with Gasteiger partial charge in [0.15, 0.2) is 0 Å². The van der Waals surface area contributed by atoms with Crippen LogP contribution in [0.5, 0.6) is 0 Å². The summed E-state index contributed by atoms with van der Waals surface area (Å²) in [7, 11) is 0. The molecule has 0 atom stereocenters. The van der Waals surface area contributed by atoms with Crippen LogP contribution in [0.15, 0.2) is 206 Å². The van der Waals surface area contributed by atoms with E-state index in [1.54, 1.807) is 22.7 Å². The highest BCUT2D eigenvalue weighted by Gasteiger charge is 2.33. The summed E-state index contributed by atoms with van der Waals surface area (Å²) in [5.74, 6) is 0.